The number of nitrogens with one attached hydrogen (secondary N) is 1. The van der Waals surface area contributed by atoms with Crippen LogP contribution in [0.1, 0.15) is 25.5 Å². The molecule has 0 bridgehead atoms. The summed E-state index contributed by atoms with van der Waals surface area (Å²) in [6.45, 7) is 8.87. The van der Waals surface area contributed by atoms with Crippen molar-refractivity contribution in [2.75, 3.05) is 6.54 Å². The molecule has 0 spiro atoms. The van der Waals surface area contributed by atoms with Crippen molar-refractivity contribution in [1.29, 1.82) is 0 Å². The molecule has 1 unspecified atom stereocenters. The number of rotatable bonds is 4. The fourth-order valence-electron chi connectivity index (χ4n) is 1.49. The van der Waals surface area contributed by atoms with Gasteiger partial charge in [-0.1, -0.05) is 48.3 Å². The molecule has 1 N–H and O–H groups in total. The van der Waals surface area contributed by atoms with Gasteiger partial charge in [0.25, 0.3) is 0 Å². The van der Waals surface area contributed by atoms with Crippen LogP contribution in [0, 0.1) is 0 Å². The Labute approximate surface area is 101 Å². The lowest BCUT2D eigenvalue weighted by Gasteiger charge is -2.19. The lowest BCUT2D eigenvalue weighted by atomic mass is 10.0. The molecule has 0 aromatic heterocycles. The lowest BCUT2D eigenvalue weighted by molar-refractivity contribution is 0.622. The molecule has 82 valence electrons. The van der Waals surface area contributed by atoms with E-state index < -0.39 is 0 Å². The maximum absolute atomic E-state index is 6.14. The lowest BCUT2D eigenvalue weighted by Crippen LogP contribution is -2.21. The van der Waals surface area contributed by atoms with Crippen molar-refractivity contribution in [3.63, 3.8) is 0 Å². The van der Waals surface area contributed by atoms with Crippen LogP contribution in [0.3, 0.4) is 0 Å². The third-order valence-corrected chi connectivity index (χ3v) is 2.74. The number of halogens is 2. The highest BCUT2D eigenvalue weighted by Crippen LogP contribution is 2.29. The summed E-state index contributed by atoms with van der Waals surface area (Å²) in [5.74, 6) is 0. The Morgan fingerprint density at radius 1 is 1.47 bits per heavy atom. The second-order valence-electron chi connectivity index (χ2n) is 3.50. The second kappa shape index (κ2) is 5.55. The highest BCUT2D eigenvalue weighted by Gasteiger charge is 2.14. The van der Waals surface area contributed by atoms with E-state index >= 15 is 0 Å². The average molecular weight is 244 g/mol. The minimum absolute atomic E-state index is 0.0970. The van der Waals surface area contributed by atoms with Crippen molar-refractivity contribution in [3.8, 4) is 0 Å². The van der Waals surface area contributed by atoms with Crippen LogP contribution < -0.4 is 5.32 Å². The molecule has 1 aromatic rings. The Bertz CT molecular complexity index is 361. The quantitative estimate of drug-likeness (QED) is 0.782. The number of benzene rings is 1. The summed E-state index contributed by atoms with van der Waals surface area (Å²) in [7, 11) is 0. The Morgan fingerprint density at radius 2 is 2.13 bits per heavy atom. The first-order valence-corrected chi connectivity index (χ1v) is 5.65. The van der Waals surface area contributed by atoms with Gasteiger partial charge in [-0.3, -0.25) is 0 Å². The van der Waals surface area contributed by atoms with Gasteiger partial charge in [0.05, 0.1) is 6.04 Å². The van der Waals surface area contributed by atoms with Crippen molar-refractivity contribution in [2.45, 2.75) is 19.9 Å². The standard InChI is InChI=1S/C12H15Cl2N/c1-4-15-12(8(2)3)10-6-5-9(13)7-11(10)14/h5-7,12,15H,2,4H2,1,3H3. The third-order valence-electron chi connectivity index (χ3n) is 2.17. The molecule has 0 aliphatic heterocycles. The van der Waals surface area contributed by atoms with Gasteiger partial charge in [0.1, 0.15) is 0 Å². The molecule has 1 rings (SSSR count). The monoisotopic (exact) mass is 243 g/mol. The number of hydrogen-bond acceptors (Lipinski definition) is 1. The molecule has 0 fully saturated rings. The van der Waals surface area contributed by atoms with Crippen molar-refractivity contribution < 1.29 is 0 Å². The Morgan fingerprint density at radius 3 is 2.60 bits per heavy atom. The van der Waals surface area contributed by atoms with E-state index in [-0.39, 0.29) is 6.04 Å². The topological polar surface area (TPSA) is 12.0 Å². The Balaban J connectivity index is 3.05. The van der Waals surface area contributed by atoms with Crippen LogP contribution in [-0.4, -0.2) is 6.54 Å². The van der Waals surface area contributed by atoms with E-state index in [1.54, 1.807) is 6.07 Å². The van der Waals surface area contributed by atoms with Gasteiger partial charge >= 0.3 is 0 Å². The molecular formula is C12H15Cl2N. The van der Waals surface area contributed by atoms with E-state index in [0.717, 1.165) is 17.7 Å². The Kier molecular flexibility index (Phi) is 4.65. The van der Waals surface area contributed by atoms with Crippen molar-refractivity contribution >= 4 is 23.2 Å². The summed E-state index contributed by atoms with van der Waals surface area (Å²) in [4.78, 5) is 0. The normalized spacial score (nSPS) is 12.5. The van der Waals surface area contributed by atoms with Crippen LogP contribution in [0.2, 0.25) is 10.0 Å². The fraction of sp³-hybridized carbons (Fsp3) is 0.333. The first-order chi connectivity index (χ1) is 7.06. The summed E-state index contributed by atoms with van der Waals surface area (Å²) in [5, 5.41) is 4.66. The summed E-state index contributed by atoms with van der Waals surface area (Å²) in [6, 6.07) is 5.63. The molecule has 3 heteroatoms. The maximum atomic E-state index is 6.14. The van der Waals surface area contributed by atoms with E-state index in [4.69, 9.17) is 23.2 Å². The van der Waals surface area contributed by atoms with E-state index in [9.17, 15) is 0 Å². The minimum Gasteiger partial charge on any atom is -0.307 e. The number of hydrogen-bond donors (Lipinski definition) is 1. The Hall–Kier alpha value is -0.500. The molecule has 0 radical (unpaired) electrons. The highest BCUT2D eigenvalue weighted by molar-refractivity contribution is 6.35. The minimum atomic E-state index is 0.0970. The van der Waals surface area contributed by atoms with Gasteiger partial charge < -0.3 is 5.32 Å². The van der Waals surface area contributed by atoms with Gasteiger partial charge in [-0.05, 0) is 31.2 Å². The molecule has 15 heavy (non-hydrogen) atoms. The van der Waals surface area contributed by atoms with Crippen LogP contribution in [-0.2, 0) is 0 Å². The smallest absolute Gasteiger partial charge is 0.0545 e. The SMILES string of the molecule is C=C(C)C(NCC)c1ccc(Cl)cc1Cl. The highest BCUT2D eigenvalue weighted by atomic mass is 35.5. The number of likely N-dealkylation sites (N-methyl/N-ethyl adjacent to an activating group) is 1. The largest absolute Gasteiger partial charge is 0.307 e. The van der Waals surface area contributed by atoms with E-state index in [1.165, 1.54) is 0 Å². The molecule has 1 aromatic carbocycles. The van der Waals surface area contributed by atoms with Crippen LogP contribution >= 0.6 is 23.2 Å². The van der Waals surface area contributed by atoms with Crippen LogP contribution in [0.25, 0.3) is 0 Å². The predicted octanol–water partition coefficient (Wildman–Crippen LogP) is 4.22. The molecule has 0 aliphatic rings. The molecule has 1 nitrogen and oxygen atoms in total. The van der Waals surface area contributed by atoms with E-state index in [1.807, 2.05) is 19.1 Å². The fourth-order valence-corrected chi connectivity index (χ4v) is 2.01. The summed E-state index contributed by atoms with van der Waals surface area (Å²) in [5.41, 5.74) is 2.07. The van der Waals surface area contributed by atoms with Gasteiger partial charge in [0.15, 0.2) is 0 Å². The maximum Gasteiger partial charge on any atom is 0.0545 e. The summed E-state index contributed by atoms with van der Waals surface area (Å²) in [6.07, 6.45) is 0. The second-order valence-corrected chi connectivity index (χ2v) is 4.35. The molecule has 0 aliphatic carbocycles. The molecular weight excluding hydrogens is 229 g/mol. The van der Waals surface area contributed by atoms with Gasteiger partial charge in [-0.2, -0.15) is 0 Å². The van der Waals surface area contributed by atoms with Crippen molar-refractivity contribution in [2.24, 2.45) is 0 Å². The zero-order chi connectivity index (χ0) is 11.4. The zero-order valence-electron chi connectivity index (χ0n) is 8.98. The van der Waals surface area contributed by atoms with Gasteiger partial charge in [-0.15, -0.1) is 0 Å². The van der Waals surface area contributed by atoms with E-state index in [2.05, 4.69) is 18.8 Å². The summed E-state index contributed by atoms with van der Waals surface area (Å²) >= 11 is 12.0. The van der Waals surface area contributed by atoms with Crippen molar-refractivity contribution in [1.82, 2.24) is 5.32 Å². The third kappa shape index (κ3) is 3.23. The van der Waals surface area contributed by atoms with Crippen LogP contribution in [0.15, 0.2) is 30.4 Å². The summed E-state index contributed by atoms with van der Waals surface area (Å²) < 4.78 is 0. The molecule has 0 saturated heterocycles. The first-order valence-electron chi connectivity index (χ1n) is 4.90. The van der Waals surface area contributed by atoms with E-state index in [0.29, 0.717) is 10.0 Å². The predicted molar refractivity (Wildman–Crippen MR) is 67.7 cm³/mol. The first kappa shape index (κ1) is 12.6. The molecule has 0 heterocycles. The molecule has 1 atom stereocenters. The van der Waals surface area contributed by atoms with Gasteiger partial charge in [0.2, 0.25) is 0 Å². The van der Waals surface area contributed by atoms with Crippen LogP contribution in [0.4, 0.5) is 0 Å². The molecule has 0 amide bonds. The zero-order valence-corrected chi connectivity index (χ0v) is 10.5. The van der Waals surface area contributed by atoms with Gasteiger partial charge in [-0.25, -0.2) is 0 Å². The van der Waals surface area contributed by atoms with Crippen molar-refractivity contribution in [3.05, 3.63) is 46.0 Å². The van der Waals surface area contributed by atoms with Gasteiger partial charge in [0, 0.05) is 10.0 Å². The average Bonchev–Trinajstić information content (AvgIpc) is 2.15. The van der Waals surface area contributed by atoms with Crippen LogP contribution in [0.5, 0.6) is 0 Å². The molecule has 0 saturated carbocycles.